The molecule has 4 rings (SSSR count). The van der Waals surface area contributed by atoms with Gasteiger partial charge in [0.05, 0.1) is 5.69 Å². The number of hydrazone groups is 1. The first kappa shape index (κ1) is 15.3. The van der Waals surface area contributed by atoms with Gasteiger partial charge in [0.1, 0.15) is 5.69 Å². The van der Waals surface area contributed by atoms with Crippen LogP contribution in [0.15, 0.2) is 84.1 Å². The van der Waals surface area contributed by atoms with E-state index in [0.29, 0.717) is 0 Å². The number of hydrogen-bond acceptors (Lipinski definition) is 3. The van der Waals surface area contributed by atoms with Gasteiger partial charge < -0.3 is 22.0 Å². The van der Waals surface area contributed by atoms with Crippen LogP contribution in [0, 0.1) is 0 Å². The SMILES string of the molecule is C1=NN(c2ccccc2)N(c2ccccc2)[NH+]1c1ccc[nH]1.[Br-]. The third-order valence-electron chi connectivity index (χ3n) is 3.57. The summed E-state index contributed by atoms with van der Waals surface area (Å²) in [4.78, 5) is 3.25. The Bertz CT molecular complexity index is 758. The standard InChI is InChI=1S/C17H15N5.BrH/c1-3-8-15(9-4-1)21-19-14-20(17-12-7-13-18-17)22(21)16-10-5-2-6-11-16;/h1-14,18H;1H. The van der Waals surface area contributed by atoms with Gasteiger partial charge in [0.25, 0.3) is 0 Å². The molecule has 0 saturated carbocycles. The Balaban J connectivity index is 0.00000156. The van der Waals surface area contributed by atoms with Gasteiger partial charge in [0.2, 0.25) is 12.2 Å². The van der Waals surface area contributed by atoms with Crippen molar-refractivity contribution in [3.63, 3.8) is 0 Å². The average molecular weight is 370 g/mol. The molecule has 23 heavy (non-hydrogen) atoms. The van der Waals surface area contributed by atoms with Crippen molar-refractivity contribution in [1.29, 1.82) is 0 Å². The zero-order valence-electron chi connectivity index (χ0n) is 12.3. The fourth-order valence-electron chi connectivity index (χ4n) is 2.55. The molecule has 0 spiro atoms. The number of benzene rings is 2. The van der Waals surface area contributed by atoms with Crippen LogP contribution in [-0.2, 0) is 0 Å². The molecular weight excluding hydrogens is 354 g/mol. The van der Waals surface area contributed by atoms with Crippen LogP contribution in [0.3, 0.4) is 0 Å². The molecular formula is C17H16BrN5. The van der Waals surface area contributed by atoms with Crippen LogP contribution >= 0.6 is 0 Å². The maximum absolute atomic E-state index is 4.58. The molecule has 3 aromatic rings. The van der Waals surface area contributed by atoms with Crippen molar-refractivity contribution >= 4 is 23.5 Å². The van der Waals surface area contributed by atoms with Gasteiger partial charge in [-0.25, -0.2) is 0 Å². The summed E-state index contributed by atoms with van der Waals surface area (Å²) in [5.41, 5.74) is 2.08. The average Bonchev–Trinajstić information content (AvgIpc) is 3.25. The van der Waals surface area contributed by atoms with E-state index >= 15 is 0 Å². The second-order valence-electron chi connectivity index (χ2n) is 4.99. The van der Waals surface area contributed by atoms with Crippen molar-refractivity contribution in [1.82, 2.24) is 4.98 Å². The highest BCUT2D eigenvalue weighted by atomic mass is 79.9. The monoisotopic (exact) mass is 369 g/mol. The molecule has 116 valence electrons. The predicted molar refractivity (Wildman–Crippen MR) is 87.7 cm³/mol. The molecule has 1 aromatic heterocycles. The van der Waals surface area contributed by atoms with Gasteiger partial charge in [0.15, 0.2) is 0 Å². The lowest BCUT2D eigenvalue weighted by atomic mass is 10.3. The lowest BCUT2D eigenvalue weighted by Crippen LogP contribution is -3.13. The van der Waals surface area contributed by atoms with Crippen molar-refractivity contribution in [2.75, 3.05) is 10.2 Å². The number of halogens is 1. The second kappa shape index (κ2) is 6.68. The maximum atomic E-state index is 4.58. The van der Waals surface area contributed by atoms with Crippen molar-refractivity contribution in [3.05, 3.63) is 79.0 Å². The second-order valence-corrected chi connectivity index (χ2v) is 4.99. The van der Waals surface area contributed by atoms with Gasteiger partial charge >= 0.3 is 0 Å². The fourth-order valence-corrected chi connectivity index (χ4v) is 2.55. The molecule has 1 unspecified atom stereocenters. The molecule has 0 saturated heterocycles. The summed E-state index contributed by atoms with van der Waals surface area (Å²) in [6.45, 7) is 0. The number of aromatic nitrogens is 1. The topological polar surface area (TPSA) is 39.1 Å². The van der Waals surface area contributed by atoms with Gasteiger partial charge in [-0.15, -0.1) is 10.1 Å². The number of H-pyrrole nitrogens is 1. The number of aromatic amines is 1. The van der Waals surface area contributed by atoms with Gasteiger partial charge in [0, 0.05) is 12.3 Å². The third kappa shape index (κ3) is 2.86. The van der Waals surface area contributed by atoms with E-state index in [4.69, 9.17) is 0 Å². The highest BCUT2D eigenvalue weighted by molar-refractivity contribution is 5.64. The minimum atomic E-state index is 0. The van der Waals surface area contributed by atoms with Gasteiger partial charge in [-0.05, 0) is 30.3 Å². The minimum Gasteiger partial charge on any atom is -1.00 e. The van der Waals surface area contributed by atoms with E-state index in [1.54, 1.807) is 0 Å². The van der Waals surface area contributed by atoms with Gasteiger partial charge in [-0.2, -0.15) is 0 Å². The number of anilines is 2. The number of quaternary nitrogens is 1. The Labute approximate surface area is 145 Å². The van der Waals surface area contributed by atoms with Crippen LogP contribution in [0.4, 0.5) is 17.2 Å². The molecule has 0 aliphatic carbocycles. The largest absolute Gasteiger partial charge is 1.00 e. The van der Waals surface area contributed by atoms with Crippen molar-refractivity contribution in [2.24, 2.45) is 5.10 Å². The first-order chi connectivity index (χ1) is 10.9. The molecule has 1 aliphatic heterocycles. The summed E-state index contributed by atoms with van der Waals surface area (Å²) in [6.07, 6.45) is 3.80. The summed E-state index contributed by atoms with van der Waals surface area (Å²) in [7, 11) is 0. The molecule has 0 amide bonds. The lowest BCUT2D eigenvalue weighted by Gasteiger charge is -2.28. The summed E-state index contributed by atoms with van der Waals surface area (Å²) >= 11 is 0. The van der Waals surface area contributed by atoms with E-state index in [1.165, 1.54) is 0 Å². The molecule has 1 atom stereocenters. The first-order valence-electron chi connectivity index (χ1n) is 7.18. The predicted octanol–water partition coefficient (Wildman–Crippen LogP) is -0.665. The summed E-state index contributed by atoms with van der Waals surface area (Å²) in [5.74, 6) is 1.03. The van der Waals surface area contributed by atoms with Crippen LogP contribution in [0.5, 0.6) is 0 Å². The Morgan fingerprint density at radius 3 is 2.04 bits per heavy atom. The number of hydrazine groups is 1. The first-order valence-corrected chi connectivity index (χ1v) is 7.18. The van der Waals surface area contributed by atoms with Gasteiger partial charge in [-0.1, -0.05) is 46.6 Å². The third-order valence-corrected chi connectivity index (χ3v) is 3.57. The van der Waals surface area contributed by atoms with E-state index in [2.05, 4.69) is 27.3 Å². The Hall–Kier alpha value is -2.57. The quantitative estimate of drug-likeness (QED) is 0.643. The molecule has 2 aromatic carbocycles. The van der Waals surface area contributed by atoms with Crippen molar-refractivity contribution < 1.29 is 22.0 Å². The maximum Gasteiger partial charge on any atom is 0.241 e. The number of nitrogens with one attached hydrogen (secondary N) is 2. The fraction of sp³-hybridized carbons (Fsp3) is 0. The van der Waals surface area contributed by atoms with Crippen LogP contribution in [0.1, 0.15) is 0 Å². The summed E-state index contributed by atoms with van der Waals surface area (Å²) < 4.78 is 0. The Kier molecular flexibility index (Phi) is 4.45. The summed E-state index contributed by atoms with van der Waals surface area (Å²) in [5, 5.41) is 9.60. The number of nitrogens with zero attached hydrogens (tertiary/aromatic N) is 3. The number of para-hydroxylation sites is 2. The van der Waals surface area contributed by atoms with Crippen LogP contribution in [-0.4, -0.2) is 11.3 Å². The smallest absolute Gasteiger partial charge is 0.241 e. The molecule has 0 fully saturated rings. The number of rotatable bonds is 3. The molecule has 6 heteroatoms. The zero-order valence-corrected chi connectivity index (χ0v) is 13.9. The molecule has 2 N–H and O–H groups in total. The molecule has 5 nitrogen and oxygen atoms in total. The Morgan fingerprint density at radius 2 is 1.43 bits per heavy atom. The molecule has 1 aliphatic rings. The molecule has 0 bridgehead atoms. The van der Waals surface area contributed by atoms with E-state index in [1.807, 2.05) is 78.3 Å². The summed E-state index contributed by atoms with van der Waals surface area (Å²) in [6, 6.07) is 24.4. The Morgan fingerprint density at radius 1 is 0.783 bits per heavy atom. The minimum absolute atomic E-state index is 0. The highest BCUT2D eigenvalue weighted by Gasteiger charge is 2.34. The van der Waals surface area contributed by atoms with Crippen LogP contribution in [0.25, 0.3) is 0 Å². The van der Waals surface area contributed by atoms with Crippen LogP contribution in [0.2, 0.25) is 0 Å². The van der Waals surface area contributed by atoms with Crippen LogP contribution < -0.4 is 32.2 Å². The highest BCUT2D eigenvalue weighted by Crippen LogP contribution is 2.22. The van der Waals surface area contributed by atoms with Crippen molar-refractivity contribution in [2.45, 2.75) is 0 Å². The van der Waals surface area contributed by atoms with E-state index in [-0.39, 0.29) is 17.0 Å². The number of hydrogen-bond donors (Lipinski definition) is 2. The molecule has 2 heterocycles. The lowest BCUT2D eigenvalue weighted by molar-refractivity contribution is -0.732. The van der Waals surface area contributed by atoms with E-state index < -0.39 is 0 Å². The van der Waals surface area contributed by atoms with Crippen molar-refractivity contribution in [3.8, 4) is 0 Å². The van der Waals surface area contributed by atoms with E-state index in [0.717, 1.165) is 22.2 Å². The zero-order chi connectivity index (χ0) is 14.8. The molecule has 0 radical (unpaired) electrons. The van der Waals surface area contributed by atoms with Gasteiger partial charge in [-0.3, -0.25) is 0 Å². The van der Waals surface area contributed by atoms with E-state index in [9.17, 15) is 0 Å². The normalized spacial score (nSPS) is 16.4.